The van der Waals surface area contributed by atoms with Crippen molar-refractivity contribution in [1.82, 2.24) is 15.0 Å². The van der Waals surface area contributed by atoms with Crippen LogP contribution in [0.2, 0.25) is 5.28 Å². The molecule has 0 aliphatic heterocycles. The van der Waals surface area contributed by atoms with E-state index in [0.29, 0.717) is 11.4 Å². The van der Waals surface area contributed by atoms with Crippen molar-refractivity contribution in [3.63, 3.8) is 0 Å². The maximum atomic E-state index is 13.0. The second kappa shape index (κ2) is 5.01. The number of nitrogen functional groups attached to an aromatic ring is 1. The molecule has 0 saturated heterocycles. The largest absolute Gasteiger partial charge is 0.494 e. The number of nitrogens with one attached hydrogen (secondary N) is 1. The highest BCUT2D eigenvalue weighted by atomic mass is 35.5. The number of aromatic nitrogens is 3. The van der Waals surface area contributed by atoms with Crippen LogP contribution in [0.3, 0.4) is 0 Å². The first-order valence-corrected chi connectivity index (χ1v) is 5.24. The molecule has 0 saturated carbocycles. The summed E-state index contributed by atoms with van der Waals surface area (Å²) in [5.41, 5.74) is 5.92. The van der Waals surface area contributed by atoms with Crippen molar-refractivity contribution in [3.8, 4) is 5.75 Å². The zero-order valence-electron chi connectivity index (χ0n) is 9.32. The first kappa shape index (κ1) is 12.3. The summed E-state index contributed by atoms with van der Waals surface area (Å²) in [6, 6.07) is 3.99. The average Bonchev–Trinajstić information content (AvgIpc) is 2.30. The molecule has 3 N–H and O–H groups in total. The molecule has 18 heavy (non-hydrogen) atoms. The van der Waals surface area contributed by atoms with E-state index in [9.17, 15) is 4.39 Å². The lowest BCUT2D eigenvalue weighted by molar-refractivity contribution is 0.413. The predicted octanol–water partition coefficient (Wildman–Crippen LogP) is 2.00. The zero-order chi connectivity index (χ0) is 13.1. The Morgan fingerprint density at radius 2 is 2.11 bits per heavy atom. The number of hydrogen-bond acceptors (Lipinski definition) is 6. The van der Waals surface area contributed by atoms with Crippen molar-refractivity contribution < 1.29 is 9.13 Å². The summed E-state index contributed by atoms with van der Waals surface area (Å²) < 4.78 is 18.0. The Bertz CT molecular complexity index is 560. The molecule has 0 unspecified atom stereocenters. The molecule has 0 amide bonds. The average molecular weight is 270 g/mol. The summed E-state index contributed by atoms with van der Waals surface area (Å²) >= 11 is 5.64. The Morgan fingerprint density at radius 1 is 1.33 bits per heavy atom. The van der Waals surface area contributed by atoms with Crippen molar-refractivity contribution in [2.75, 3.05) is 18.2 Å². The Kier molecular flexibility index (Phi) is 3.42. The second-order valence-corrected chi connectivity index (χ2v) is 3.59. The van der Waals surface area contributed by atoms with E-state index in [-0.39, 0.29) is 17.2 Å². The van der Waals surface area contributed by atoms with Gasteiger partial charge in [0.25, 0.3) is 0 Å². The molecule has 0 fully saturated rings. The Hall–Kier alpha value is -2.15. The highest BCUT2D eigenvalue weighted by molar-refractivity contribution is 6.28. The number of nitrogens with two attached hydrogens (primary N) is 1. The van der Waals surface area contributed by atoms with E-state index in [1.165, 1.54) is 25.3 Å². The molecule has 1 heterocycles. The van der Waals surface area contributed by atoms with Crippen LogP contribution in [0.4, 0.5) is 22.0 Å². The van der Waals surface area contributed by atoms with E-state index in [1.807, 2.05) is 0 Å². The van der Waals surface area contributed by atoms with E-state index in [0.717, 1.165) is 0 Å². The molecule has 0 aliphatic carbocycles. The van der Waals surface area contributed by atoms with Gasteiger partial charge in [-0.25, -0.2) is 4.39 Å². The third-order valence-electron chi connectivity index (χ3n) is 2.04. The van der Waals surface area contributed by atoms with Crippen LogP contribution in [0, 0.1) is 5.82 Å². The number of methoxy groups -OCH3 is 1. The SMILES string of the molecule is COc1cc(F)ccc1Nc1nc(N)nc(Cl)n1. The van der Waals surface area contributed by atoms with Gasteiger partial charge in [0, 0.05) is 6.07 Å². The molecular formula is C10H9ClFN5O. The summed E-state index contributed by atoms with van der Waals surface area (Å²) in [6.45, 7) is 0. The molecule has 0 aliphatic rings. The lowest BCUT2D eigenvalue weighted by Gasteiger charge is -2.09. The molecule has 94 valence electrons. The van der Waals surface area contributed by atoms with Gasteiger partial charge in [-0.1, -0.05) is 0 Å². The molecule has 1 aromatic carbocycles. The van der Waals surface area contributed by atoms with E-state index >= 15 is 0 Å². The molecule has 8 heteroatoms. The first-order chi connectivity index (χ1) is 8.58. The highest BCUT2D eigenvalue weighted by Gasteiger charge is 2.08. The van der Waals surface area contributed by atoms with Crippen LogP contribution in [-0.2, 0) is 0 Å². The van der Waals surface area contributed by atoms with Gasteiger partial charge in [-0.05, 0) is 23.7 Å². The van der Waals surface area contributed by atoms with Gasteiger partial charge in [0.05, 0.1) is 12.8 Å². The van der Waals surface area contributed by atoms with Gasteiger partial charge in [-0.3, -0.25) is 0 Å². The van der Waals surface area contributed by atoms with Crippen molar-refractivity contribution in [2.24, 2.45) is 0 Å². The van der Waals surface area contributed by atoms with E-state index in [2.05, 4.69) is 20.3 Å². The summed E-state index contributed by atoms with van der Waals surface area (Å²) in [7, 11) is 1.43. The normalized spacial score (nSPS) is 10.2. The van der Waals surface area contributed by atoms with Crippen LogP contribution < -0.4 is 15.8 Å². The maximum Gasteiger partial charge on any atom is 0.233 e. The number of halogens is 2. The third-order valence-corrected chi connectivity index (χ3v) is 2.20. The summed E-state index contributed by atoms with van der Waals surface area (Å²) in [5, 5.41) is 2.78. The minimum atomic E-state index is -0.411. The van der Waals surface area contributed by atoms with Crippen molar-refractivity contribution >= 4 is 29.2 Å². The minimum Gasteiger partial charge on any atom is -0.494 e. The molecule has 0 atom stereocenters. The third kappa shape index (κ3) is 2.75. The van der Waals surface area contributed by atoms with Gasteiger partial charge in [-0.2, -0.15) is 15.0 Å². The standard InChI is InChI=1S/C10H9ClFN5O/c1-18-7-4-5(12)2-3-6(7)14-10-16-8(11)15-9(13)17-10/h2-4H,1H3,(H3,13,14,15,16,17). The van der Waals surface area contributed by atoms with Crippen molar-refractivity contribution in [2.45, 2.75) is 0 Å². The number of anilines is 3. The summed E-state index contributed by atoms with van der Waals surface area (Å²) in [5.74, 6) is 0.0340. The van der Waals surface area contributed by atoms with Gasteiger partial charge in [0.2, 0.25) is 17.2 Å². The monoisotopic (exact) mass is 269 g/mol. The lowest BCUT2D eigenvalue weighted by atomic mass is 10.3. The zero-order valence-corrected chi connectivity index (χ0v) is 10.1. The van der Waals surface area contributed by atoms with Gasteiger partial charge in [0.1, 0.15) is 11.6 Å². The quantitative estimate of drug-likeness (QED) is 0.886. The molecule has 0 bridgehead atoms. The fourth-order valence-corrected chi connectivity index (χ4v) is 1.48. The lowest BCUT2D eigenvalue weighted by Crippen LogP contribution is -2.04. The van der Waals surface area contributed by atoms with Crippen molar-refractivity contribution in [3.05, 3.63) is 29.3 Å². The maximum absolute atomic E-state index is 13.0. The highest BCUT2D eigenvalue weighted by Crippen LogP contribution is 2.27. The molecule has 6 nitrogen and oxygen atoms in total. The molecule has 1 aromatic heterocycles. The van der Waals surface area contributed by atoms with Gasteiger partial charge >= 0.3 is 0 Å². The molecule has 0 radical (unpaired) electrons. The van der Waals surface area contributed by atoms with Crippen LogP contribution in [0.15, 0.2) is 18.2 Å². The number of benzene rings is 1. The second-order valence-electron chi connectivity index (χ2n) is 3.26. The Morgan fingerprint density at radius 3 is 2.78 bits per heavy atom. The van der Waals surface area contributed by atoms with Gasteiger partial charge in [0.15, 0.2) is 0 Å². The number of hydrogen-bond donors (Lipinski definition) is 2. The van der Waals surface area contributed by atoms with E-state index in [4.69, 9.17) is 22.1 Å². The number of ether oxygens (including phenoxy) is 1. The number of nitrogens with zero attached hydrogens (tertiary/aromatic N) is 3. The van der Waals surface area contributed by atoms with Crippen LogP contribution in [-0.4, -0.2) is 22.1 Å². The molecular weight excluding hydrogens is 261 g/mol. The molecule has 2 rings (SSSR count). The van der Waals surface area contributed by atoms with E-state index < -0.39 is 5.82 Å². The van der Waals surface area contributed by atoms with Crippen LogP contribution in [0.5, 0.6) is 5.75 Å². The van der Waals surface area contributed by atoms with Gasteiger partial charge < -0.3 is 15.8 Å². The first-order valence-electron chi connectivity index (χ1n) is 4.86. The fraction of sp³-hybridized carbons (Fsp3) is 0.100. The number of rotatable bonds is 3. The van der Waals surface area contributed by atoms with Crippen molar-refractivity contribution in [1.29, 1.82) is 0 Å². The fourth-order valence-electron chi connectivity index (χ4n) is 1.31. The van der Waals surface area contributed by atoms with Gasteiger partial charge in [-0.15, -0.1) is 0 Å². The topological polar surface area (TPSA) is 86.0 Å². The smallest absolute Gasteiger partial charge is 0.233 e. The van der Waals surface area contributed by atoms with Crippen LogP contribution >= 0.6 is 11.6 Å². The van der Waals surface area contributed by atoms with E-state index in [1.54, 1.807) is 0 Å². The molecule has 0 spiro atoms. The predicted molar refractivity (Wildman–Crippen MR) is 65.5 cm³/mol. The minimum absolute atomic E-state index is 0.0152. The Balaban J connectivity index is 2.33. The summed E-state index contributed by atoms with van der Waals surface area (Å²) in [6.07, 6.45) is 0. The Labute approximate surface area is 107 Å². The summed E-state index contributed by atoms with van der Waals surface area (Å²) in [4.78, 5) is 11.3. The van der Waals surface area contributed by atoms with Crippen LogP contribution in [0.25, 0.3) is 0 Å². The molecule has 2 aromatic rings. The van der Waals surface area contributed by atoms with Crippen LogP contribution in [0.1, 0.15) is 0 Å².